The van der Waals surface area contributed by atoms with E-state index in [-0.39, 0.29) is 0 Å². The summed E-state index contributed by atoms with van der Waals surface area (Å²) >= 11 is 0. The van der Waals surface area contributed by atoms with E-state index >= 15 is 0 Å². The van der Waals surface area contributed by atoms with Crippen LogP contribution in [0.5, 0.6) is 0 Å². The lowest BCUT2D eigenvalue weighted by molar-refractivity contribution is 0.578. The largest absolute Gasteiger partial charge is 0.368 e. The molecule has 0 bridgehead atoms. The molecule has 3 rings (SSSR count). The third kappa shape index (κ3) is 2.17. The van der Waals surface area contributed by atoms with Gasteiger partial charge in [0.1, 0.15) is 0 Å². The molecule has 1 aromatic carbocycles. The molecule has 94 valence electrons. The monoisotopic (exact) mass is 241 g/mol. The van der Waals surface area contributed by atoms with E-state index in [4.69, 9.17) is 0 Å². The summed E-state index contributed by atoms with van der Waals surface area (Å²) in [6.45, 7) is 3.04. The normalized spacial score (nSPS) is 16.3. The quantitative estimate of drug-likeness (QED) is 0.893. The molecule has 3 heteroatoms. The van der Waals surface area contributed by atoms with Gasteiger partial charge in [0.15, 0.2) is 5.82 Å². The second-order valence-electron chi connectivity index (χ2n) is 5.21. The van der Waals surface area contributed by atoms with Crippen molar-refractivity contribution in [1.82, 2.24) is 10.2 Å². The molecule has 0 radical (unpaired) electrons. The number of hydrogen-bond acceptors (Lipinski definition) is 3. The Bertz CT molecular complexity index is 544. The molecular weight excluding hydrogens is 222 g/mol. The molecular formula is C15H19N3. The van der Waals surface area contributed by atoms with Gasteiger partial charge in [0.2, 0.25) is 0 Å². The second kappa shape index (κ2) is 4.92. The van der Waals surface area contributed by atoms with E-state index < -0.39 is 0 Å². The predicted octanol–water partition coefficient (Wildman–Crippen LogP) is 3.54. The molecule has 1 aliphatic carbocycles. The fourth-order valence-electron chi connectivity index (χ4n) is 2.82. The molecule has 1 aliphatic rings. The number of nitrogens with zero attached hydrogens (tertiary/aromatic N) is 2. The van der Waals surface area contributed by atoms with Crippen LogP contribution in [0.25, 0.3) is 10.8 Å². The molecule has 0 amide bonds. The molecule has 1 fully saturated rings. The Hall–Kier alpha value is -1.64. The highest BCUT2D eigenvalue weighted by molar-refractivity contribution is 5.92. The first kappa shape index (κ1) is 11.5. The summed E-state index contributed by atoms with van der Waals surface area (Å²) in [4.78, 5) is 0. The van der Waals surface area contributed by atoms with Crippen LogP contribution in [0.15, 0.2) is 24.3 Å². The van der Waals surface area contributed by atoms with Crippen molar-refractivity contribution >= 4 is 16.6 Å². The topological polar surface area (TPSA) is 37.8 Å². The number of hydrogen-bond donors (Lipinski definition) is 1. The van der Waals surface area contributed by atoms with Gasteiger partial charge >= 0.3 is 0 Å². The van der Waals surface area contributed by atoms with Gasteiger partial charge in [0.05, 0.1) is 5.69 Å². The maximum Gasteiger partial charge on any atom is 0.156 e. The minimum Gasteiger partial charge on any atom is -0.368 e. The Kier molecular flexibility index (Phi) is 3.13. The number of aryl methyl sites for hydroxylation is 1. The number of nitrogens with one attached hydrogen (secondary N) is 1. The summed E-state index contributed by atoms with van der Waals surface area (Å²) in [6.07, 6.45) is 5.47. The van der Waals surface area contributed by atoms with Crippen molar-refractivity contribution in [3.8, 4) is 0 Å². The molecule has 3 nitrogen and oxygen atoms in total. The third-order valence-electron chi connectivity index (χ3n) is 3.90. The number of fused-ring (bicyclic) bond motifs is 1. The van der Waals surface area contributed by atoms with Gasteiger partial charge in [0.25, 0.3) is 0 Å². The van der Waals surface area contributed by atoms with Crippen LogP contribution in [-0.2, 0) is 0 Å². The minimum absolute atomic E-state index is 0.812. The number of anilines is 1. The van der Waals surface area contributed by atoms with Gasteiger partial charge in [-0.2, -0.15) is 5.10 Å². The van der Waals surface area contributed by atoms with Crippen molar-refractivity contribution in [2.75, 3.05) is 11.9 Å². The first-order valence-electron chi connectivity index (χ1n) is 6.80. The SMILES string of the molecule is Cc1nnc(NCC2CCCC2)c2ccccc12. The Morgan fingerprint density at radius 1 is 1.11 bits per heavy atom. The molecule has 0 spiro atoms. The average molecular weight is 241 g/mol. The van der Waals surface area contributed by atoms with Crippen molar-refractivity contribution in [3.05, 3.63) is 30.0 Å². The highest BCUT2D eigenvalue weighted by atomic mass is 15.2. The molecule has 0 saturated heterocycles. The summed E-state index contributed by atoms with van der Waals surface area (Å²) in [5, 5.41) is 14.4. The van der Waals surface area contributed by atoms with Crippen LogP contribution < -0.4 is 5.32 Å². The van der Waals surface area contributed by atoms with E-state index in [2.05, 4.69) is 39.8 Å². The lowest BCUT2D eigenvalue weighted by Crippen LogP contribution is -2.12. The van der Waals surface area contributed by atoms with Crippen LogP contribution in [-0.4, -0.2) is 16.7 Å². The average Bonchev–Trinajstić information content (AvgIpc) is 2.92. The van der Waals surface area contributed by atoms with Crippen molar-refractivity contribution < 1.29 is 0 Å². The molecule has 18 heavy (non-hydrogen) atoms. The third-order valence-corrected chi connectivity index (χ3v) is 3.90. The fraction of sp³-hybridized carbons (Fsp3) is 0.467. The van der Waals surface area contributed by atoms with E-state index in [0.29, 0.717) is 0 Å². The van der Waals surface area contributed by atoms with Crippen molar-refractivity contribution in [1.29, 1.82) is 0 Å². The van der Waals surface area contributed by atoms with Crippen LogP contribution in [0.2, 0.25) is 0 Å². The highest BCUT2D eigenvalue weighted by Crippen LogP contribution is 2.26. The maximum atomic E-state index is 4.31. The van der Waals surface area contributed by atoms with Gasteiger partial charge in [0, 0.05) is 17.3 Å². The predicted molar refractivity (Wildman–Crippen MR) is 74.7 cm³/mol. The Labute approximate surface area is 108 Å². The summed E-state index contributed by atoms with van der Waals surface area (Å²) in [5.74, 6) is 1.75. The van der Waals surface area contributed by atoms with Crippen LogP contribution in [0.1, 0.15) is 31.4 Å². The second-order valence-corrected chi connectivity index (χ2v) is 5.21. The number of aromatic nitrogens is 2. The van der Waals surface area contributed by atoms with Gasteiger partial charge in [-0.25, -0.2) is 0 Å². The van der Waals surface area contributed by atoms with Gasteiger partial charge in [-0.05, 0) is 25.7 Å². The lowest BCUT2D eigenvalue weighted by Gasteiger charge is -2.12. The minimum atomic E-state index is 0.812. The van der Waals surface area contributed by atoms with E-state index in [1.54, 1.807) is 0 Å². The van der Waals surface area contributed by atoms with Crippen LogP contribution in [0, 0.1) is 12.8 Å². The molecule has 0 aliphatic heterocycles. The molecule has 1 N–H and O–H groups in total. The van der Waals surface area contributed by atoms with Gasteiger partial charge in [-0.1, -0.05) is 37.1 Å². The maximum absolute atomic E-state index is 4.31. The van der Waals surface area contributed by atoms with Gasteiger partial charge in [-0.3, -0.25) is 0 Å². The zero-order valence-corrected chi connectivity index (χ0v) is 10.8. The Morgan fingerprint density at radius 3 is 2.61 bits per heavy atom. The summed E-state index contributed by atoms with van der Waals surface area (Å²) in [7, 11) is 0. The summed E-state index contributed by atoms with van der Waals surface area (Å²) < 4.78 is 0. The van der Waals surface area contributed by atoms with E-state index in [1.165, 1.54) is 36.5 Å². The highest BCUT2D eigenvalue weighted by Gasteiger charge is 2.15. The zero-order chi connectivity index (χ0) is 12.4. The van der Waals surface area contributed by atoms with E-state index in [0.717, 1.165) is 24.0 Å². The van der Waals surface area contributed by atoms with Crippen LogP contribution in [0.4, 0.5) is 5.82 Å². The first-order valence-corrected chi connectivity index (χ1v) is 6.80. The molecule has 0 atom stereocenters. The van der Waals surface area contributed by atoms with Crippen molar-refractivity contribution in [2.45, 2.75) is 32.6 Å². The Balaban J connectivity index is 1.85. The molecule has 1 aromatic heterocycles. The standard InChI is InChI=1S/C15H19N3/c1-11-13-8-4-5-9-14(13)15(18-17-11)16-10-12-6-2-3-7-12/h4-5,8-9,12H,2-3,6-7,10H2,1H3,(H,16,18). The van der Waals surface area contributed by atoms with Crippen LogP contribution in [0.3, 0.4) is 0 Å². The fourth-order valence-corrected chi connectivity index (χ4v) is 2.82. The van der Waals surface area contributed by atoms with Crippen molar-refractivity contribution in [3.63, 3.8) is 0 Å². The first-order chi connectivity index (χ1) is 8.84. The van der Waals surface area contributed by atoms with Gasteiger partial charge < -0.3 is 5.32 Å². The smallest absolute Gasteiger partial charge is 0.156 e. The zero-order valence-electron chi connectivity index (χ0n) is 10.8. The molecule has 2 aromatic rings. The van der Waals surface area contributed by atoms with Crippen LogP contribution >= 0.6 is 0 Å². The van der Waals surface area contributed by atoms with Crippen molar-refractivity contribution in [2.24, 2.45) is 5.92 Å². The summed E-state index contributed by atoms with van der Waals surface area (Å²) in [6, 6.07) is 8.34. The van der Waals surface area contributed by atoms with E-state index in [1.807, 2.05) is 6.92 Å². The van der Waals surface area contributed by atoms with Gasteiger partial charge in [-0.15, -0.1) is 5.10 Å². The lowest BCUT2D eigenvalue weighted by atomic mass is 10.1. The summed E-state index contributed by atoms with van der Waals surface area (Å²) in [5.41, 5.74) is 0.997. The number of rotatable bonds is 3. The molecule has 0 unspecified atom stereocenters. The molecule has 1 saturated carbocycles. The number of benzene rings is 1. The molecule has 1 heterocycles. The van der Waals surface area contributed by atoms with E-state index in [9.17, 15) is 0 Å². The Morgan fingerprint density at radius 2 is 1.83 bits per heavy atom.